The summed E-state index contributed by atoms with van der Waals surface area (Å²) in [7, 11) is 0. The molecule has 1 aromatic heterocycles. The summed E-state index contributed by atoms with van der Waals surface area (Å²) >= 11 is 0.969. The zero-order valence-electron chi connectivity index (χ0n) is 8.19. The van der Waals surface area contributed by atoms with Crippen molar-refractivity contribution in [2.75, 3.05) is 0 Å². The van der Waals surface area contributed by atoms with E-state index in [0.717, 1.165) is 11.3 Å². The average molecular weight is 268 g/mol. The minimum Gasteiger partial charge on any atom is -0.481 e. The molecule has 1 unspecified atom stereocenters. The number of nitrogens with zero attached hydrogens (tertiary/aromatic N) is 1. The van der Waals surface area contributed by atoms with Crippen molar-refractivity contribution >= 4 is 23.2 Å². The van der Waals surface area contributed by atoms with Crippen LogP contribution >= 0.6 is 11.3 Å². The van der Waals surface area contributed by atoms with Crippen LogP contribution < -0.4 is 5.32 Å². The molecular formula is C8H7F3N2O3S. The summed E-state index contributed by atoms with van der Waals surface area (Å²) in [5, 5.41) is 10.2. The van der Waals surface area contributed by atoms with Crippen LogP contribution in [0.25, 0.3) is 0 Å². The van der Waals surface area contributed by atoms with Crippen LogP contribution in [0.4, 0.5) is 13.2 Å². The van der Waals surface area contributed by atoms with Crippen LogP contribution in [0.5, 0.6) is 0 Å². The monoisotopic (exact) mass is 268 g/mol. The third-order valence-electron chi connectivity index (χ3n) is 1.74. The normalized spacial score (nSPS) is 13.1. The van der Waals surface area contributed by atoms with E-state index < -0.39 is 30.5 Å². The lowest BCUT2D eigenvalue weighted by atomic mass is 10.2. The van der Waals surface area contributed by atoms with Crippen LogP contribution in [0.1, 0.15) is 17.3 Å². The van der Waals surface area contributed by atoms with E-state index in [-0.39, 0.29) is 4.88 Å². The summed E-state index contributed by atoms with van der Waals surface area (Å²) in [6.45, 7) is 0. The van der Waals surface area contributed by atoms with Crippen LogP contribution in [0, 0.1) is 0 Å². The van der Waals surface area contributed by atoms with Crippen molar-refractivity contribution in [3.63, 3.8) is 0 Å². The van der Waals surface area contributed by atoms with Gasteiger partial charge in [0, 0.05) is 11.1 Å². The number of carbonyl (C=O) groups excluding carboxylic acids is 1. The first-order valence-electron chi connectivity index (χ1n) is 4.28. The number of carboxylic acid groups (broad SMARTS) is 1. The largest absolute Gasteiger partial charge is 0.481 e. The maximum Gasteiger partial charge on any atom is 0.471 e. The predicted octanol–water partition coefficient (Wildman–Crippen LogP) is 1.34. The molecule has 0 fully saturated rings. The number of carbonyl (C=O) groups is 2. The van der Waals surface area contributed by atoms with Crippen molar-refractivity contribution in [3.8, 4) is 0 Å². The fourth-order valence-electron chi connectivity index (χ4n) is 1.04. The fourth-order valence-corrected chi connectivity index (χ4v) is 1.71. The van der Waals surface area contributed by atoms with E-state index in [2.05, 4.69) is 4.98 Å². The van der Waals surface area contributed by atoms with Gasteiger partial charge in [-0.3, -0.25) is 14.6 Å². The Morgan fingerprint density at radius 2 is 2.18 bits per heavy atom. The van der Waals surface area contributed by atoms with Gasteiger partial charge in [-0.25, -0.2) is 0 Å². The highest BCUT2D eigenvalue weighted by molar-refractivity contribution is 7.09. The topological polar surface area (TPSA) is 79.3 Å². The van der Waals surface area contributed by atoms with E-state index in [0.29, 0.717) is 0 Å². The van der Waals surface area contributed by atoms with Gasteiger partial charge in [0.25, 0.3) is 0 Å². The first-order chi connectivity index (χ1) is 7.80. The van der Waals surface area contributed by atoms with Crippen molar-refractivity contribution < 1.29 is 27.9 Å². The molecule has 1 amide bonds. The second kappa shape index (κ2) is 5.13. The Morgan fingerprint density at radius 3 is 2.59 bits per heavy atom. The van der Waals surface area contributed by atoms with E-state index in [4.69, 9.17) is 5.11 Å². The van der Waals surface area contributed by atoms with Gasteiger partial charge in [-0.1, -0.05) is 0 Å². The SMILES string of the molecule is O=C(O)CC(NC(=O)C(F)(F)F)c1cncs1. The summed E-state index contributed by atoms with van der Waals surface area (Å²) in [6, 6.07) is -1.23. The van der Waals surface area contributed by atoms with E-state index in [1.807, 2.05) is 0 Å². The van der Waals surface area contributed by atoms with Gasteiger partial charge in [0.15, 0.2) is 0 Å². The molecule has 17 heavy (non-hydrogen) atoms. The molecule has 0 saturated carbocycles. The lowest BCUT2D eigenvalue weighted by Crippen LogP contribution is -2.39. The van der Waals surface area contributed by atoms with Crippen molar-refractivity contribution in [3.05, 3.63) is 16.6 Å². The molecule has 9 heteroatoms. The molecule has 0 aromatic carbocycles. The quantitative estimate of drug-likeness (QED) is 0.863. The van der Waals surface area contributed by atoms with E-state index in [9.17, 15) is 22.8 Å². The van der Waals surface area contributed by atoms with Gasteiger partial charge in [-0.2, -0.15) is 13.2 Å². The number of hydrogen-bond acceptors (Lipinski definition) is 4. The number of aromatic nitrogens is 1. The lowest BCUT2D eigenvalue weighted by Gasteiger charge is -2.16. The lowest BCUT2D eigenvalue weighted by molar-refractivity contribution is -0.174. The highest BCUT2D eigenvalue weighted by Gasteiger charge is 2.40. The van der Waals surface area contributed by atoms with Gasteiger partial charge in [-0.15, -0.1) is 11.3 Å². The van der Waals surface area contributed by atoms with Gasteiger partial charge < -0.3 is 10.4 Å². The second-order valence-corrected chi connectivity index (χ2v) is 3.94. The van der Waals surface area contributed by atoms with Crippen molar-refractivity contribution in [1.29, 1.82) is 0 Å². The molecule has 1 heterocycles. The molecular weight excluding hydrogens is 261 g/mol. The van der Waals surface area contributed by atoms with Crippen LogP contribution in [0.3, 0.4) is 0 Å². The number of hydrogen-bond donors (Lipinski definition) is 2. The number of rotatable bonds is 4. The first kappa shape index (κ1) is 13.4. The van der Waals surface area contributed by atoms with Crippen molar-refractivity contribution in [2.45, 2.75) is 18.6 Å². The Labute approximate surface area is 97.3 Å². The average Bonchev–Trinajstić information content (AvgIpc) is 2.66. The molecule has 1 rings (SSSR count). The van der Waals surface area contributed by atoms with Crippen molar-refractivity contribution in [1.82, 2.24) is 10.3 Å². The predicted molar refractivity (Wildman–Crippen MR) is 51.3 cm³/mol. The molecule has 2 N–H and O–H groups in total. The van der Waals surface area contributed by atoms with E-state index in [1.54, 1.807) is 5.32 Å². The zero-order valence-corrected chi connectivity index (χ0v) is 9.01. The summed E-state index contributed by atoms with van der Waals surface area (Å²) in [4.78, 5) is 25.1. The van der Waals surface area contributed by atoms with E-state index in [1.165, 1.54) is 11.7 Å². The molecule has 0 spiro atoms. The van der Waals surface area contributed by atoms with Crippen LogP contribution in [-0.4, -0.2) is 28.1 Å². The number of amides is 1. The van der Waals surface area contributed by atoms with Gasteiger partial charge in [0.1, 0.15) is 0 Å². The molecule has 0 aliphatic carbocycles. The standard InChI is InChI=1S/C8H7F3N2O3S/c9-8(10,11)7(16)13-4(1-6(14)15)5-2-12-3-17-5/h2-4H,1H2,(H,13,16)(H,14,15). The smallest absolute Gasteiger partial charge is 0.471 e. The summed E-state index contributed by atoms with van der Waals surface area (Å²) in [5.74, 6) is -3.48. The van der Waals surface area contributed by atoms with E-state index >= 15 is 0 Å². The van der Waals surface area contributed by atoms with Crippen LogP contribution in [0.15, 0.2) is 11.7 Å². The van der Waals surface area contributed by atoms with Gasteiger partial charge in [0.05, 0.1) is 18.0 Å². The maximum absolute atomic E-state index is 12.0. The number of alkyl halides is 3. The Hall–Kier alpha value is -1.64. The maximum atomic E-state index is 12.0. The Balaban J connectivity index is 2.79. The highest BCUT2D eigenvalue weighted by Crippen LogP contribution is 2.23. The Kier molecular flexibility index (Phi) is 4.05. The highest BCUT2D eigenvalue weighted by atomic mass is 32.1. The molecule has 1 aromatic rings. The summed E-state index contributed by atoms with van der Waals surface area (Å²) in [5.41, 5.74) is 1.34. The van der Waals surface area contributed by atoms with Crippen molar-refractivity contribution in [2.24, 2.45) is 0 Å². The second-order valence-electron chi connectivity index (χ2n) is 3.03. The molecule has 1 atom stereocenters. The minimum absolute atomic E-state index is 0.255. The number of thiazole rings is 1. The summed E-state index contributed by atoms with van der Waals surface area (Å²) in [6.07, 6.45) is -4.46. The zero-order chi connectivity index (χ0) is 13.1. The first-order valence-corrected chi connectivity index (χ1v) is 5.16. The number of halogens is 3. The number of aliphatic carboxylic acids is 1. The Bertz CT molecular complexity index is 405. The molecule has 5 nitrogen and oxygen atoms in total. The molecule has 0 aliphatic rings. The van der Waals surface area contributed by atoms with Gasteiger partial charge in [-0.05, 0) is 0 Å². The van der Waals surface area contributed by atoms with Crippen LogP contribution in [-0.2, 0) is 9.59 Å². The van der Waals surface area contributed by atoms with Crippen LogP contribution in [0.2, 0.25) is 0 Å². The third-order valence-corrected chi connectivity index (χ3v) is 2.63. The number of nitrogens with one attached hydrogen (secondary N) is 1. The molecule has 0 saturated heterocycles. The fraction of sp³-hybridized carbons (Fsp3) is 0.375. The molecule has 0 radical (unpaired) electrons. The minimum atomic E-state index is -5.04. The molecule has 0 aliphatic heterocycles. The summed E-state index contributed by atoms with van der Waals surface area (Å²) < 4.78 is 36.1. The third kappa shape index (κ3) is 4.02. The Morgan fingerprint density at radius 1 is 1.53 bits per heavy atom. The number of carboxylic acids is 1. The van der Waals surface area contributed by atoms with Gasteiger partial charge in [0.2, 0.25) is 0 Å². The molecule has 0 bridgehead atoms. The molecule has 94 valence electrons. The van der Waals surface area contributed by atoms with Gasteiger partial charge >= 0.3 is 18.1 Å².